The van der Waals surface area contributed by atoms with Crippen LogP contribution in [0.25, 0.3) is 16.6 Å². The lowest BCUT2D eigenvalue weighted by Crippen LogP contribution is -2.31. The number of aromatic nitrogens is 4. The first kappa shape index (κ1) is 23.0. The lowest BCUT2D eigenvalue weighted by molar-refractivity contribution is -0.117. The minimum Gasteiger partial charge on any atom is -0.497 e. The Morgan fingerprint density at radius 2 is 1.85 bits per heavy atom. The minimum absolute atomic E-state index is 0.0371. The van der Waals surface area contributed by atoms with E-state index in [0.29, 0.717) is 34.0 Å². The molecule has 0 bridgehead atoms. The Balaban J connectivity index is 1.73. The van der Waals surface area contributed by atoms with Crippen LogP contribution in [-0.2, 0) is 11.3 Å². The highest BCUT2D eigenvalue weighted by atomic mass is 19.1. The van der Waals surface area contributed by atoms with Crippen LogP contribution in [0.2, 0.25) is 0 Å². The first-order valence-electron chi connectivity index (χ1n) is 10.6. The van der Waals surface area contributed by atoms with Crippen molar-refractivity contribution >= 4 is 22.5 Å². The van der Waals surface area contributed by atoms with Gasteiger partial charge < -0.3 is 14.8 Å². The molecule has 1 N–H and O–H groups in total. The Bertz CT molecular complexity index is 1410. The Hall–Kier alpha value is -4.21. The summed E-state index contributed by atoms with van der Waals surface area (Å²) in [5, 5.41) is 12.1. The van der Waals surface area contributed by atoms with E-state index in [4.69, 9.17) is 9.47 Å². The number of nitrogens with zero attached hydrogens (tertiary/aromatic N) is 4. The van der Waals surface area contributed by atoms with Gasteiger partial charge in [0.15, 0.2) is 0 Å². The average Bonchev–Trinajstić information content (AvgIpc) is 3.27. The fourth-order valence-electron chi connectivity index (χ4n) is 3.63. The van der Waals surface area contributed by atoms with Crippen LogP contribution in [0.15, 0.2) is 53.5 Å². The number of rotatable bonds is 7. The van der Waals surface area contributed by atoms with E-state index in [9.17, 15) is 14.0 Å². The van der Waals surface area contributed by atoms with E-state index in [1.165, 1.54) is 43.2 Å². The summed E-state index contributed by atoms with van der Waals surface area (Å²) < 4.78 is 26.5. The van der Waals surface area contributed by atoms with Gasteiger partial charge in [-0.1, -0.05) is 13.8 Å². The van der Waals surface area contributed by atoms with Gasteiger partial charge in [-0.15, -0.1) is 0 Å². The number of hydrogen-bond donors (Lipinski definition) is 1. The number of halogens is 1. The van der Waals surface area contributed by atoms with Gasteiger partial charge in [0.2, 0.25) is 5.91 Å². The largest absolute Gasteiger partial charge is 0.497 e. The molecule has 1 amide bonds. The topological polar surface area (TPSA) is 100 Å². The number of carbonyl (C=O) groups is 1. The number of amides is 1. The summed E-state index contributed by atoms with van der Waals surface area (Å²) in [6, 6.07) is 10.6. The van der Waals surface area contributed by atoms with Gasteiger partial charge in [-0.3, -0.25) is 9.59 Å². The number of hydrogen-bond acceptors (Lipinski definition) is 6. The fourth-order valence-corrected chi connectivity index (χ4v) is 3.63. The van der Waals surface area contributed by atoms with Crippen molar-refractivity contribution in [2.24, 2.45) is 0 Å². The van der Waals surface area contributed by atoms with Gasteiger partial charge in [-0.25, -0.2) is 13.8 Å². The second-order valence-corrected chi connectivity index (χ2v) is 7.91. The van der Waals surface area contributed by atoms with E-state index >= 15 is 0 Å². The molecule has 0 unspecified atom stereocenters. The summed E-state index contributed by atoms with van der Waals surface area (Å²) in [7, 11) is 3.01. The molecular weight excluding hydrogens is 441 g/mol. The van der Waals surface area contributed by atoms with Crippen molar-refractivity contribution in [1.82, 2.24) is 19.6 Å². The number of carbonyl (C=O) groups excluding carboxylic acids is 1. The molecule has 0 saturated carbocycles. The molecule has 0 aliphatic rings. The summed E-state index contributed by atoms with van der Waals surface area (Å²) in [5.74, 6) is 0.104. The molecule has 0 aliphatic heterocycles. The van der Waals surface area contributed by atoms with Gasteiger partial charge in [0.25, 0.3) is 5.56 Å². The molecule has 4 aromatic rings. The van der Waals surface area contributed by atoms with Crippen molar-refractivity contribution in [3.8, 4) is 17.2 Å². The van der Waals surface area contributed by atoms with Gasteiger partial charge in [0.05, 0.1) is 37.5 Å². The van der Waals surface area contributed by atoms with Crippen molar-refractivity contribution in [2.75, 3.05) is 19.5 Å². The second-order valence-electron chi connectivity index (χ2n) is 7.91. The number of anilines is 1. The third-order valence-corrected chi connectivity index (χ3v) is 5.30. The molecule has 4 rings (SSSR count). The van der Waals surface area contributed by atoms with E-state index in [1.54, 1.807) is 24.4 Å². The zero-order chi connectivity index (χ0) is 24.4. The van der Waals surface area contributed by atoms with E-state index in [0.717, 1.165) is 4.68 Å². The van der Waals surface area contributed by atoms with Crippen LogP contribution < -0.4 is 20.3 Å². The van der Waals surface area contributed by atoms with Crippen molar-refractivity contribution in [2.45, 2.75) is 26.3 Å². The van der Waals surface area contributed by atoms with Crippen LogP contribution in [0.1, 0.15) is 25.5 Å². The molecule has 2 heterocycles. The first-order chi connectivity index (χ1) is 16.3. The summed E-state index contributed by atoms with van der Waals surface area (Å²) in [6.07, 6.45) is 1.56. The van der Waals surface area contributed by atoms with Gasteiger partial charge in [-0.05, 0) is 42.3 Å². The molecule has 10 heteroatoms. The normalized spacial score (nSPS) is 11.1. The fraction of sp³-hybridized carbons (Fsp3) is 0.250. The van der Waals surface area contributed by atoms with E-state index in [-0.39, 0.29) is 18.0 Å². The lowest BCUT2D eigenvalue weighted by atomic mass is 10.1. The van der Waals surface area contributed by atoms with E-state index < -0.39 is 17.3 Å². The predicted molar refractivity (Wildman–Crippen MR) is 125 cm³/mol. The van der Waals surface area contributed by atoms with Crippen LogP contribution in [0, 0.1) is 5.82 Å². The van der Waals surface area contributed by atoms with Gasteiger partial charge in [0, 0.05) is 11.5 Å². The number of benzene rings is 2. The van der Waals surface area contributed by atoms with Crippen LogP contribution in [-0.4, -0.2) is 39.7 Å². The molecule has 0 saturated heterocycles. The molecule has 2 aromatic carbocycles. The molecule has 0 spiro atoms. The Kier molecular flexibility index (Phi) is 6.31. The molecule has 0 atom stereocenters. The average molecular weight is 465 g/mol. The van der Waals surface area contributed by atoms with Crippen molar-refractivity contribution < 1.29 is 18.7 Å². The molecule has 0 fully saturated rings. The minimum atomic E-state index is -0.488. The lowest BCUT2D eigenvalue weighted by Gasteiger charge is -2.14. The highest BCUT2D eigenvalue weighted by Gasteiger charge is 2.20. The van der Waals surface area contributed by atoms with E-state index in [2.05, 4.69) is 15.5 Å². The maximum atomic E-state index is 13.4. The predicted octanol–water partition coefficient (Wildman–Crippen LogP) is 3.50. The molecule has 9 nitrogen and oxygen atoms in total. The van der Waals surface area contributed by atoms with Crippen molar-refractivity contribution in [3.05, 3.63) is 70.5 Å². The van der Waals surface area contributed by atoms with E-state index in [1.807, 2.05) is 13.8 Å². The zero-order valence-electron chi connectivity index (χ0n) is 19.2. The third-order valence-electron chi connectivity index (χ3n) is 5.30. The van der Waals surface area contributed by atoms with Crippen molar-refractivity contribution in [1.29, 1.82) is 0 Å². The number of fused-ring (bicyclic) bond motifs is 1. The number of nitrogens with one attached hydrogen (secondary N) is 1. The summed E-state index contributed by atoms with van der Waals surface area (Å²) in [4.78, 5) is 26.2. The van der Waals surface area contributed by atoms with Crippen LogP contribution in [0.5, 0.6) is 11.5 Å². The van der Waals surface area contributed by atoms with Gasteiger partial charge in [0.1, 0.15) is 29.4 Å². The molecule has 0 radical (unpaired) electrons. The monoisotopic (exact) mass is 465 g/mol. The molecule has 176 valence electrons. The van der Waals surface area contributed by atoms with Gasteiger partial charge >= 0.3 is 0 Å². The summed E-state index contributed by atoms with van der Waals surface area (Å²) in [6.45, 7) is 3.56. The maximum Gasteiger partial charge on any atom is 0.293 e. The Morgan fingerprint density at radius 3 is 2.50 bits per heavy atom. The molecule has 2 aromatic heterocycles. The zero-order valence-corrected chi connectivity index (χ0v) is 19.2. The highest BCUT2D eigenvalue weighted by molar-refractivity contribution is 5.92. The first-order valence-corrected chi connectivity index (χ1v) is 10.6. The third kappa shape index (κ3) is 4.34. The molecule has 0 aliphatic carbocycles. The summed E-state index contributed by atoms with van der Waals surface area (Å²) >= 11 is 0. The van der Waals surface area contributed by atoms with Crippen LogP contribution in [0.3, 0.4) is 0 Å². The maximum absolute atomic E-state index is 13.4. The standard InChI is InChI=1S/C24H24FN5O4/c1-14(2)22-18-12-26-30(16-7-5-15(25)6-8-16)23(18)24(32)29(28-22)13-21(31)27-19-10-9-17(33-3)11-20(19)34-4/h5-12,14H,13H2,1-4H3,(H,27,31). The Labute approximate surface area is 194 Å². The highest BCUT2D eigenvalue weighted by Crippen LogP contribution is 2.29. The quantitative estimate of drug-likeness (QED) is 0.448. The number of methoxy groups -OCH3 is 2. The molecule has 34 heavy (non-hydrogen) atoms. The SMILES string of the molecule is COc1ccc(NC(=O)Cn2nc(C(C)C)c3cnn(-c4ccc(F)cc4)c3c2=O)c(OC)c1. The van der Waals surface area contributed by atoms with Crippen LogP contribution in [0.4, 0.5) is 10.1 Å². The van der Waals surface area contributed by atoms with Crippen LogP contribution >= 0.6 is 0 Å². The van der Waals surface area contributed by atoms with Crippen molar-refractivity contribution in [3.63, 3.8) is 0 Å². The summed E-state index contributed by atoms with van der Waals surface area (Å²) in [5.41, 5.74) is 1.35. The number of ether oxygens (including phenoxy) is 2. The molecular formula is C24H24FN5O4. The van der Waals surface area contributed by atoms with Gasteiger partial charge in [-0.2, -0.15) is 10.2 Å². The smallest absolute Gasteiger partial charge is 0.293 e. The second kappa shape index (κ2) is 9.34. The Morgan fingerprint density at radius 1 is 1.12 bits per heavy atom.